The van der Waals surface area contributed by atoms with Crippen LogP contribution in [0.4, 0.5) is 5.69 Å². The Balaban J connectivity index is 1.36. The maximum Gasteiger partial charge on any atom is 0.259 e. The first-order valence-electron chi connectivity index (χ1n) is 11.2. The first kappa shape index (κ1) is 22.1. The summed E-state index contributed by atoms with van der Waals surface area (Å²) in [7, 11) is 0. The summed E-state index contributed by atoms with van der Waals surface area (Å²) >= 11 is 1.28. The largest absolute Gasteiger partial charge is 0.351 e. The van der Waals surface area contributed by atoms with Crippen molar-refractivity contribution in [3.8, 4) is 0 Å². The van der Waals surface area contributed by atoms with Crippen molar-refractivity contribution in [2.75, 3.05) is 0 Å². The molecule has 0 radical (unpaired) electrons. The SMILES string of the molecule is C[C@H](SC1=Nc2ccccc2C2=N[C@H](Cc3ccccc3)C(=O)N12)C(=O)NCc1ccccc1. The highest BCUT2D eigenvalue weighted by molar-refractivity contribution is 8.15. The average Bonchev–Trinajstić information content (AvgIpc) is 3.20. The molecule has 1 N–H and O–H groups in total. The predicted molar refractivity (Wildman–Crippen MR) is 136 cm³/mol. The molecule has 0 unspecified atom stereocenters. The molecule has 2 atom stereocenters. The van der Waals surface area contributed by atoms with E-state index in [1.54, 1.807) is 4.90 Å². The minimum absolute atomic E-state index is 0.110. The summed E-state index contributed by atoms with van der Waals surface area (Å²) in [5.41, 5.74) is 3.67. The van der Waals surface area contributed by atoms with Gasteiger partial charge in [-0.1, -0.05) is 84.6 Å². The molecule has 0 aliphatic carbocycles. The Labute approximate surface area is 202 Å². The molecule has 0 aromatic heterocycles. The van der Waals surface area contributed by atoms with Gasteiger partial charge in [-0.05, 0) is 30.2 Å². The van der Waals surface area contributed by atoms with E-state index in [2.05, 4.69) is 5.32 Å². The molecular formula is C27H24N4O2S. The summed E-state index contributed by atoms with van der Waals surface area (Å²) in [5.74, 6) is 0.383. The number of nitrogens with one attached hydrogen (secondary N) is 1. The standard InChI is InChI=1S/C27H24N4O2S/c1-18(25(32)28-17-20-12-6-3-7-13-20)34-27-30-22-15-9-8-14-21(22)24-29-23(26(33)31(24)27)16-19-10-4-2-5-11-19/h2-15,18,23H,16-17H2,1H3,(H,28,32)/t18-,23+/m0/s1. The van der Waals surface area contributed by atoms with Crippen LogP contribution in [-0.2, 0) is 22.6 Å². The van der Waals surface area contributed by atoms with E-state index in [1.807, 2.05) is 91.9 Å². The lowest BCUT2D eigenvalue weighted by atomic mass is 10.1. The minimum Gasteiger partial charge on any atom is -0.351 e. The van der Waals surface area contributed by atoms with Gasteiger partial charge in [0, 0.05) is 18.5 Å². The third-order valence-corrected chi connectivity index (χ3v) is 6.83. The van der Waals surface area contributed by atoms with Crippen LogP contribution in [0.1, 0.15) is 23.6 Å². The van der Waals surface area contributed by atoms with Crippen molar-refractivity contribution in [1.29, 1.82) is 0 Å². The maximum atomic E-state index is 13.4. The van der Waals surface area contributed by atoms with Crippen LogP contribution in [-0.4, -0.2) is 39.0 Å². The van der Waals surface area contributed by atoms with Gasteiger partial charge in [-0.2, -0.15) is 0 Å². The zero-order valence-electron chi connectivity index (χ0n) is 18.7. The molecule has 7 heteroatoms. The summed E-state index contributed by atoms with van der Waals surface area (Å²) in [5, 5.41) is 3.02. The minimum atomic E-state index is -0.517. The van der Waals surface area contributed by atoms with E-state index in [9.17, 15) is 9.59 Å². The summed E-state index contributed by atoms with van der Waals surface area (Å²) in [6.45, 7) is 2.28. The lowest BCUT2D eigenvalue weighted by Gasteiger charge is -2.27. The lowest BCUT2D eigenvalue weighted by molar-refractivity contribution is -0.124. The number of thioether (sulfide) groups is 1. The average molecular weight is 469 g/mol. The van der Waals surface area contributed by atoms with Gasteiger partial charge in [-0.15, -0.1) is 0 Å². The molecule has 0 fully saturated rings. The Hall–Kier alpha value is -3.71. The van der Waals surface area contributed by atoms with E-state index in [4.69, 9.17) is 9.98 Å². The van der Waals surface area contributed by atoms with Gasteiger partial charge in [0.15, 0.2) is 5.17 Å². The number of amides is 2. The Bertz CT molecular complexity index is 1270. The second kappa shape index (κ2) is 9.65. The topological polar surface area (TPSA) is 74.1 Å². The number of aliphatic imine (C=N–C) groups is 2. The van der Waals surface area contributed by atoms with Gasteiger partial charge in [0.25, 0.3) is 5.91 Å². The second-order valence-electron chi connectivity index (χ2n) is 8.21. The summed E-state index contributed by atoms with van der Waals surface area (Å²) in [4.78, 5) is 37.4. The van der Waals surface area contributed by atoms with E-state index in [0.717, 1.165) is 22.4 Å². The van der Waals surface area contributed by atoms with E-state index in [-0.39, 0.29) is 11.8 Å². The van der Waals surface area contributed by atoms with E-state index >= 15 is 0 Å². The van der Waals surface area contributed by atoms with Crippen LogP contribution in [0.3, 0.4) is 0 Å². The fourth-order valence-corrected chi connectivity index (χ4v) is 4.93. The first-order chi connectivity index (χ1) is 16.6. The zero-order chi connectivity index (χ0) is 23.5. The molecule has 5 rings (SSSR count). The molecule has 0 bridgehead atoms. The lowest BCUT2D eigenvalue weighted by Crippen LogP contribution is -2.43. The molecule has 2 amide bonds. The quantitative estimate of drug-likeness (QED) is 0.585. The summed E-state index contributed by atoms with van der Waals surface area (Å²) in [6.07, 6.45) is 0.521. The van der Waals surface area contributed by atoms with Crippen molar-refractivity contribution in [3.63, 3.8) is 0 Å². The third kappa shape index (κ3) is 4.52. The van der Waals surface area contributed by atoms with Crippen molar-refractivity contribution in [1.82, 2.24) is 10.2 Å². The molecule has 0 saturated heterocycles. The number of hydrogen-bond donors (Lipinski definition) is 1. The van der Waals surface area contributed by atoms with Crippen LogP contribution in [0.5, 0.6) is 0 Å². The number of benzene rings is 3. The van der Waals surface area contributed by atoms with Gasteiger partial charge in [-0.25, -0.2) is 9.89 Å². The fraction of sp³-hybridized carbons (Fsp3) is 0.185. The van der Waals surface area contributed by atoms with E-state index < -0.39 is 11.3 Å². The molecule has 2 heterocycles. The molecule has 0 spiro atoms. The van der Waals surface area contributed by atoms with E-state index in [1.165, 1.54) is 11.8 Å². The van der Waals surface area contributed by atoms with Crippen molar-refractivity contribution in [2.45, 2.75) is 31.2 Å². The van der Waals surface area contributed by atoms with Gasteiger partial charge in [0.05, 0.1) is 10.9 Å². The predicted octanol–water partition coefficient (Wildman–Crippen LogP) is 4.33. The van der Waals surface area contributed by atoms with Crippen molar-refractivity contribution < 1.29 is 9.59 Å². The van der Waals surface area contributed by atoms with Crippen LogP contribution >= 0.6 is 11.8 Å². The molecule has 6 nitrogen and oxygen atoms in total. The number of para-hydroxylation sites is 1. The Morgan fingerprint density at radius 3 is 2.35 bits per heavy atom. The van der Waals surface area contributed by atoms with Gasteiger partial charge >= 0.3 is 0 Å². The highest BCUT2D eigenvalue weighted by Gasteiger charge is 2.42. The highest BCUT2D eigenvalue weighted by atomic mass is 32.2. The normalized spacial score (nSPS) is 17.4. The first-order valence-corrected chi connectivity index (χ1v) is 12.1. The van der Waals surface area contributed by atoms with Gasteiger partial charge < -0.3 is 5.32 Å². The molecule has 34 heavy (non-hydrogen) atoms. The van der Waals surface area contributed by atoms with Crippen molar-refractivity contribution in [3.05, 3.63) is 102 Å². The number of rotatable bonds is 6. The smallest absolute Gasteiger partial charge is 0.259 e. The number of nitrogens with zero attached hydrogens (tertiary/aromatic N) is 3. The number of amidine groups is 2. The van der Waals surface area contributed by atoms with Crippen LogP contribution < -0.4 is 5.32 Å². The van der Waals surface area contributed by atoms with Crippen molar-refractivity contribution >= 4 is 40.3 Å². The summed E-state index contributed by atoms with van der Waals surface area (Å²) < 4.78 is 0. The molecule has 3 aromatic rings. The maximum absolute atomic E-state index is 13.4. The van der Waals surface area contributed by atoms with Gasteiger partial charge in [-0.3, -0.25) is 14.6 Å². The molecule has 2 aliphatic heterocycles. The number of fused-ring (bicyclic) bond motifs is 3. The second-order valence-corrected chi connectivity index (χ2v) is 9.51. The highest BCUT2D eigenvalue weighted by Crippen LogP contribution is 2.35. The molecule has 0 saturated carbocycles. The van der Waals surface area contributed by atoms with Crippen molar-refractivity contribution in [2.24, 2.45) is 9.98 Å². The zero-order valence-corrected chi connectivity index (χ0v) is 19.5. The Morgan fingerprint density at radius 1 is 0.971 bits per heavy atom. The van der Waals surface area contributed by atoms with Gasteiger partial charge in [0.2, 0.25) is 5.91 Å². The van der Waals surface area contributed by atoms with Crippen LogP contribution in [0, 0.1) is 0 Å². The fourth-order valence-electron chi connectivity index (χ4n) is 3.99. The van der Waals surface area contributed by atoms with Crippen LogP contribution in [0.2, 0.25) is 0 Å². The third-order valence-electron chi connectivity index (χ3n) is 5.78. The van der Waals surface area contributed by atoms with Crippen LogP contribution in [0.25, 0.3) is 0 Å². The molecule has 170 valence electrons. The van der Waals surface area contributed by atoms with Gasteiger partial charge in [0.1, 0.15) is 11.9 Å². The molecule has 3 aromatic carbocycles. The number of carbonyl (C=O) groups excluding carboxylic acids is 2. The Kier molecular flexibility index (Phi) is 6.27. The van der Waals surface area contributed by atoms with Crippen LogP contribution in [0.15, 0.2) is 94.9 Å². The number of carbonyl (C=O) groups is 2. The molecule has 2 aliphatic rings. The van der Waals surface area contributed by atoms with E-state index in [0.29, 0.717) is 24.0 Å². The monoisotopic (exact) mass is 468 g/mol. The number of hydrogen-bond acceptors (Lipinski definition) is 5. The molecular weight excluding hydrogens is 444 g/mol. The summed E-state index contributed by atoms with van der Waals surface area (Å²) in [6, 6.07) is 26.8. The Morgan fingerprint density at radius 2 is 1.62 bits per heavy atom.